The Morgan fingerprint density at radius 1 is 1.58 bits per heavy atom. The lowest BCUT2D eigenvalue weighted by molar-refractivity contribution is 1.05. The summed E-state index contributed by atoms with van der Waals surface area (Å²) in [5.74, 6) is 0. The molecule has 5 heteroatoms. The summed E-state index contributed by atoms with van der Waals surface area (Å²) >= 11 is 9.07. The Labute approximate surface area is 83.1 Å². The van der Waals surface area contributed by atoms with Crippen molar-refractivity contribution in [3.8, 4) is 0 Å². The minimum Gasteiger partial charge on any atom is -0.0893 e. The van der Waals surface area contributed by atoms with Crippen molar-refractivity contribution in [2.75, 3.05) is 0 Å². The van der Waals surface area contributed by atoms with Gasteiger partial charge < -0.3 is 0 Å². The molecule has 62 valence electrons. The van der Waals surface area contributed by atoms with E-state index in [1.807, 2.05) is 12.1 Å². The number of benzene rings is 1. The van der Waals surface area contributed by atoms with Crippen molar-refractivity contribution in [1.82, 2.24) is 0 Å². The first-order valence-corrected chi connectivity index (χ1v) is 4.36. The molecule has 1 rings (SSSR count). The summed E-state index contributed by atoms with van der Waals surface area (Å²) in [7, 11) is 0. The molecule has 1 aromatic carbocycles. The molecule has 3 nitrogen and oxygen atoms in total. The number of hydrogen-bond donors (Lipinski definition) is 0. The van der Waals surface area contributed by atoms with Crippen molar-refractivity contribution in [1.29, 1.82) is 0 Å². The molecule has 0 fully saturated rings. The minimum atomic E-state index is 0.337. The van der Waals surface area contributed by atoms with Crippen LogP contribution >= 0.6 is 27.5 Å². The zero-order chi connectivity index (χ0) is 8.97. The van der Waals surface area contributed by atoms with Crippen LogP contribution < -0.4 is 0 Å². The predicted molar refractivity (Wildman–Crippen MR) is 52.0 cm³/mol. The van der Waals surface area contributed by atoms with Crippen molar-refractivity contribution in [2.45, 2.75) is 6.54 Å². The van der Waals surface area contributed by atoms with E-state index in [2.05, 4.69) is 26.0 Å². The van der Waals surface area contributed by atoms with Gasteiger partial charge in [-0.1, -0.05) is 22.8 Å². The lowest BCUT2D eigenvalue weighted by Gasteiger charge is -1.98. The second kappa shape index (κ2) is 4.36. The zero-order valence-corrected chi connectivity index (χ0v) is 8.38. The molecule has 0 atom stereocenters. The fourth-order valence-corrected chi connectivity index (χ4v) is 1.20. The molecule has 0 unspecified atom stereocenters. The lowest BCUT2D eigenvalue weighted by Crippen LogP contribution is -1.79. The molecular weight excluding hydrogens is 241 g/mol. The molecule has 0 aliphatic heterocycles. The molecule has 0 amide bonds. The zero-order valence-electron chi connectivity index (χ0n) is 6.04. The first-order chi connectivity index (χ1) is 5.74. The Balaban J connectivity index is 2.89. The van der Waals surface area contributed by atoms with E-state index in [1.165, 1.54) is 0 Å². The normalized spacial score (nSPS) is 9.17. The van der Waals surface area contributed by atoms with Crippen LogP contribution in [0.3, 0.4) is 0 Å². The maximum Gasteiger partial charge on any atom is 0.0550 e. The van der Waals surface area contributed by atoms with Crippen LogP contribution in [0.5, 0.6) is 0 Å². The van der Waals surface area contributed by atoms with E-state index in [9.17, 15) is 0 Å². The molecule has 0 heterocycles. The number of rotatable bonds is 2. The Hall–Kier alpha value is -0.700. The first-order valence-electron chi connectivity index (χ1n) is 3.19. The molecule has 1 aromatic rings. The monoisotopic (exact) mass is 245 g/mol. The van der Waals surface area contributed by atoms with Crippen LogP contribution in [0.1, 0.15) is 5.56 Å². The highest BCUT2D eigenvalue weighted by molar-refractivity contribution is 9.10. The number of nitrogens with zero attached hydrogens (tertiary/aromatic N) is 3. The Morgan fingerprint density at radius 2 is 2.33 bits per heavy atom. The molecule has 0 radical (unpaired) electrons. The van der Waals surface area contributed by atoms with Gasteiger partial charge in [0, 0.05) is 9.38 Å². The molecule has 12 heavy (non-hydrogen) atoms. The van der Waals surface area contributed by atoms with Crippen LogP contribution in [0, 0.1) is 0 Å². The largest absolute Gasteiger partial charge is 0.0893 e. The van der Waals surface area contributed by atoms with Gasteiger partial charge in [-0.15, -0.1) is 0 Å². The van der Waals surface area contributed by atoms with Crippen LogP contribution in [-0.4, -0.2) is 0 Å². The van der Waals surface area contributed by atoms with Gasteiger partial charge in [0.1, 0.15) is 0 Å². The van der Waals surface area contributed by atoms with E-state index in [4.69, 9.17) is 17.1 Å². The Morgan fingerprint density at radius 3 is 2.92 bits per heavy atom. The third kappa shape index (κ3) is 2.41. The van der Waals surface area contributed by atoms with Crippen LogP contribution in [0.25, 0.3) is 10.4 Å². The van der Waals surface area contributed by atoms with Crippen molar-refractivity contribution in [2.24, 2.45) is 5.11 Å². The van der Waals surface area contributed by atoms with Crippen LogP contribution in [0.15, 0.2) is 27.8 Å². The second-order valence-electron chi connectivity index (χ2n) is 2.14. The quantitative estimate of drug-likeness (QED) is 0.431. The highest BCUT2D eigenvalue weighted by Gasteiger charge is 1.97. The van der Waals surface area contributed by atoms with E-state index in [0.29, 0.717) is 11.6 Å². The molecule has 0 aliphatic rings. The van der Waals surface area contributed by atoms with E-state index in [1.54, 1.807) is 6.07 Å². The molecule has 0 aromatic heterocycles. The summed E-state index contributed by atoms with van der Waals surface area (Å²) in [5, 5.41) is 4.05. The highest BCUT2D eigenvalue weighted by Crippen LogP contribution is 2.23. The van der Waals surface area contributed by atoms with E-state index in [0.717, 1.165) is 10.0 Å². The molecular formula is C7H5BrClN3. The van der Waals surface area contributed by atoms with Gasteiger partial charge in [-0.2, -0.15) is 0 Å². The van der Waals surface area contributed by atoms with Crippen molar-refractivity contribution in [3.05, 3.63) is 43.7 Å². The minimum absolute atomic E-state index is 0.337. The number of azide groups is 1. The van der Waals surface area contributed by atoms with Crippen molar-refractivity contribution in [3.63, 3.8) is 0 Å². The average molecular weight is 246 g/mol. The standard InChI is InChI=1S/C7H5BrClN3/c8-6-2-1-5(3-7(6)9)4-11-12-10/h1-3H,4H2. The van der Waals surface area contributed by atoms with E-state index >= 15 is 0 Å². The lowest BCUT2D eigenvalue weighted by atomic mass is 10.2. The van der Waals surface area contributed by atoms with Gasteiger partial charge in [-0.05, 0) is 39.2 Å². The number of halogens is 2. The summed E-state index contributed by atoms with van der Waals surface area (Å²) < 4.78 is 0.842. The molecule has 0 saturated carbocycles. The molecule has 0 N–H and O–H groups in total. The molecule has 0 saturated heterocycles. The maximum atomic E-state index is 8.07. The SMILES string of the molecule is [N-]=[N+]=NCc1ccc(Br)c(Cl)c1. The van der Waals surface area contributed by atoms with E-state index < -0.39 is 0 Å². The van der Waals surface area contributed by atoms with Crippen molar-refractivity contribution < 1.29 is 0 Å². The van der Waals surface area contributed by atoms with Gasteiger partial charge in [0.05, 0.1) is 11.6 Å². The highest BCUT2D eigenvalue weighted by atomic mass is 79.9. The van der Waals surface area contributed by atoms with Crippen LogP contribution in [0.2, 0.25) is 5.02 Å². The molecule has 0 bridgehead atoms. The van der Waals surface area contributed by atoms with Crippen molar-refractivity contribution >= 4 is 27.5 Å². The summed E-state index contributed by atoms with van der Waals surface area (Å²) in [4.78, 5) is 2.65. The fraction of sp³-hybridized carbons (Fsp3) is 0.143. The van der Waals surface area contributed by atoms with Gasteiger partial charge in [-0.3, -0.25) is 0 Å². The van der Waals surface area contributed by atoms with Gasteiger partial charge in [0.15, 0.2) is 0 Å². The van der Waals surface area contributed by atoms with Crippen LogP contribution in [-0.2, 0) is 6.54 Å². The van der Waals surface area contributed by atoms with Gasteiger partial charge in [0.25, 0.3) is 0 Å². The smallest absolute Gasteiger partial charge is 0.0550 e. The van der Waals surface area contributed by atoms with E-state index in [-0.39, 0.29) is 0 Å². The molecule has 0 aliphatic carbocycles. The van der Waals surface area contributed by atoms with Gasteiger partial charge in [-0.25, -0.2) is 0 Å². The average Bonchev–Trinajstić information content (AvgIpc) is 2.07. The summed E-state index contributed by atoms with van der Waals surface area (Å²) in [5.41, 5.74) is 8.97. The van der Waals surface area contributed by atoms with Gasteiger partial charge >= 0.3 is 0 Å². The third-order valence-corrected chi connectivity index (χ3v) is 2.53. The second-order valence-corrected chi connectivity index (χ2v) is 3.40. The van der Waals surface area contributed by atoms with Gasteiger partial charge in [0.2, 0.25) is 0 Å². The van der Waals surface area contributed by atoms with Crippen LogP contribution in [0.4, 0.5) is 0 Å². The maximum absolute atomic E-state index is 8.07. The first kappa shape index (κ1) is 9.39. The Bertz CT molecular complexity index is 333. The Kier molecular flexibility index (Phi) is 3.41. The number of hydrogen-bond acceptors (Lipinski definition) is 1. The summed E-state index contributed by atoms with van der Waals surface area (Å²) in [6, 6.07) is 5.44. The summed E-state index contributed by atoms with van der Waals surface area (Å²) in [6.07, 6.45) is 0. The fourth-order valence-electron chi connectivity index (χ4n) is 0.751. The predicted octanol–water partition coefficient (Wildman–Crippen LogP) is 3.91. The summed E-state index contributed by atoms with van der Waals surface area (Å²) in [6.45, 7) is 0.337. The topological polar surface area (TPSA) is 48.8 Å². The molecule has 0 spiro atoms. The third-order valence-electron chi connectivity index (χ3n) is 1.30.